The predicted molar refractivity (Wildman–Crippen MR) is 116 cm³/mol. The Morgan fingerprint density at radius 2 is 1.53 bits per heavy atom. The van der Waals surface area contributed by atoms with Gasteiger partial charge in [-0.05, 0) is 62.2 Å². The molecule has 32 heavy (non-hydrogen) atoms. The van der Waals surface area contributed by atoms with Crippen molar-refractivity contribution in [3.05, 3.63) is 83.2 Å². The van der Waals surface area contributed by atoms with Crippen LogP contribution in [-0.4, -0.2) is 22.3 Å². The molecule has 0 saturated carbocycles. The van der Waals surface area contributed by atoms with E-state index in [1.165, 1.54) is 24.3 Å². The van der Waals surface area contributed by atoms with E-state index in [0.29, 0.717) is 5.56 Å². The summed E-state index contributed by atoms with van der Waals surface area (Å²) in [4.78, 5) is 28.8. The van der Waals surface area contributed by atoms with E-state index >= 15 is 0 Å². The third-order valence-corrected chi connectivity index (χ3v) is 4.34. The fourth-order valence-corrected chi connectivity index (χ4v) is 2.95. The summed E-state index contributed by atoms with van der Waals surface area (Å²) < 4.78 is 29.4. The number of benzene rings is 2. The molecular formula is C24H20F2N4O2. The Morgan fingerprint density at radius 1 is 0.938 bits per heavy atom. The summed E-state index contributed by atoms with van der Waals surface area (Å²) in [5, 5.41) is 14.1. The Kier molecular flexibility index (Phi) is 6.30. The topological polar surface area (TPSA) is 94.9 Å². The van der Waals surface area contributed by atoms with Crippen LogP contribution in [0.25, 0.3) is 11.1 Å². The first-order valence-corrected chi connectivity index (χ1v) is 9.68. The van der Waals surface area contributed by atoms with Gasteiger partial charge in [-0.1, -0.05) is 24.3 Å². The van der Waals surface area contributed by atoms with Crippen LogP contribution in [0.4, 0.5) is 14.5 Å². The summed E-state index contributed by atoms with van der Waals surface area (Å²) in [7, 11) is 0. The molecule has 0 bridgehead atoms. The van der Waals surface area contributed by atoms with E-state index in [1.54, 1.807) is 39.0 Å². The number of carbonyl (C=O) groups is 2. The Balaban J connectivity index is 1.87. The van der Waals surface area contributed by atoms with Crippen molar-refractivity contribution >= 4 is 17.5 Å². The van der Waals surface area contributed by atoms with E-state index < -0.39 is 34.7 Å². The number of hydrogen-bond acceptors (Lipinski definition) is 4. The average Bonchev–Trinajstić information content (AvgIpc) is 2.74. The molecule has 6 nitrogen and oxygen atoms in total. The van der Waals surface area contributed by atoms with Crippen LogP contribution in [0.2, 0.25) is 0 Å². The van der Waals surface area contributed by atoms with E-state index in [0.717, 1.165) is 12.1 Å². The van der Waals surface area contributed by atoms with Gasteiger partial charge in [-0.2, -0.15) is 5.26 Å². The second kappa shape index (κ2) is 8.94. The van der Waals surface area contributed by atoms with E-state index in [2.05, 4.69) is 15.6 Å². The minimum Gasteiger partial charge on any atom is -0.346 e. The minimum atomic E-state index is -1.01. The number of nitrogens with one attached hydrogen (secondary N) is 2. The summed E-state index contributed by atoms with van der Waals surface area (Å²) in [6.07, 6.45) is 0. The van der Waals surface area contributed by atoms with Gasteiger partial charge in [0.15, 0.2) is 0 Å². The summed E-state index contributed by atoms with van der Waals surface area (Å²) >= 11 is 0. The molecule has 1 heterocycles. The number of aromatic nitrogens is 1. The number of amides is 2. The molecule has 0 aliphatic heterocycles. The largest absolute Gasteiger partial charge is 0.346 e. The molecule has 0 unspecified atom stereocenters. The summed E-state index contributed by atoms with van der Waals surface area (Å²) in [6, 6.07) is 14.7. The summed E-state index contributed by atoms with van der Waals surface area (Å²) in [5.41, 5.74) is -0.549. The zero-order valence-electron chi connectivity index (χ0n) is 17.7. The Labute approximate surface area is 183 Å². The van der Waals surface area contributed by atoms with Gasteiger partial charge < -0.3 is 10.6 Å². The molecular weight excluding hydrogens is 414 g/mol. The monoisotopic (exact) mass is 434 g/mol. The highest BCUT2D eigenvalue weighted by Gasteiger charge is 2.20. The normalized spacial score (nSPS) is 10.9. The Hall–Kier alpha value is -4.12. The highest BCUT2D eigenvalue weighted by molar-refractivity contribution is 6.04. The highest BCUT2D eigenvalue weighted by Crippen LogP contribution is 2.29. The first-order valence-electron chi connectivity index (χ1n) is 9.68. The first kappa shape index (κ1) is 22.6. The maximum Gasteiger partial charge on any atom is 0.274 e. The van der Waals surface area contributed by atoms with Crippen molar-refractivity contribution in [3.8, 4) is 17.2 Å². The lowest BCUT2D eigenvalue weighted by molar-refractivity contribution is 0.0914. The van der Waals surface area contributed by atoms with Crippen molar-refractivity contribution in [1.82, 2.24) is 10.3 Å². The van der Waals surface area contributed by atoms with Crippen LogP contribution in [0, 0.1) is 23.0 Å². The quantitative estimate of drug-likeness (QED) is 0.623. The van der Waals surface area contributed by atoms with Gasteiger partial charge in [0.1, 0.15) is 28.7 Å². The summed E-state index contributed by atoms with van der Waals surface area (Å²) in [6.45, 7) is 5.39. The zero-order valence-corrected chi connectivity index (χ0v) is 17.7. The molecule has 0 radical (unpaired) electrons. The van der Waals surface area contributed by atoms with Crippen molar-refractivity contribution in [3.63, 3.8) is 0 Å². The molecule has 0 aliphatic carbocycles. The number of anilines is 1. The number of hydrogen-bond donors (Lipinski definition) is 2. The molecule has 0 saturated heterocycles. The minimum absolute atomic E-state index is 0.00280. The maximum atomic E-state index is 14.7. The molecule has 0 atom stereocenters. The van der Waals surface area contributed by atoms with Gasteiger partial charge in [0.05, 0.1) is 11.6 Å². The smallest absolute Gasteiger partial charge is 0.274 e. The van der Waals surface area contributed by atoms with Crippen LogP contribution >= 0.6 is 0 Å². The Morgan fingerprint density at radius 3 is 2.12 bits per heavy atom. The van der Waals surface area contributed by atoms with Gasteiger partial charge in [0.25, 0.3) is 11.8 Å². The number of nitriles is 1. The molecule has 162 valence electrons. The number of carbonyl (C=O) groups excluding carboxylic acids is 2. The van der Waals surface area contributed by atoms with Crippen LogP contribution in [0.15, 0.2) is 54.6 Å². The molecule has 2 aromatic carbocycles. The van der Waals surface area contributed by atoms with Crippen molar-refractivity contribution in [2.75, 3.05) is 5.32 Å². The molecule has 8 heteroatoms. The van der Waals surface area contributed by atoms with E-state index in [4.69, 9.17) is 0 Å². The average molecular weight is 434 g/mol. The van der Waals surface area contributed by atoms with Gasteiger partial charge in [0, 0.05) is 5.54 Å². The molecule has 3 aromatic rings. The van der Waals surface area contributed by atoms with E-state index in [9.17, 15) is 23.6 Å². The van der Waals surface area contributed by atoms with E-state index in [-0.39, 0.29) is 22.5 Å². The van der Waals surface area contributed by atoms with Crippen LogP contribution in [0.1, 0.15) is 47.3 Å². The van der Waals surface area contributed by atoms with Gasteiger partial charge in [-0.25, -0.2) is 13.8 Å². The van der Waals surface area contributed by atoms with Gasteiger partial charge in [0.2, 0.25) is 0 Å². The molecule has 2 amide bonds. The zero-order chi connectivity index (χ0) is 23.5. The molecule has 1 aromatic heterocycles. The molecule has 0 spiro atoms. The van der Waals surface area contributed by atoms with Crippen LogP contribution < -0.4 is 10.6 Å². The third-order valence-electron chi connectivity index (χ3n) is 4.34. The van der Waals surface area contributed by atoms with Crippen molar-refractivity contribution < 1.29 is 18.4 Å². The number of pyridine rings is 1. The second-order valence-electron chi connectivity index (χ2n) is 8.04. The van der Waals surface area contributed by atoms with Crippen LogP contribution in [0.5, 0.6) is 0 Å². The van der Waals surface area contributed by atoms with Crippen molar-refractivity contribution in [2.45, 2.75) is 26.3 Å². The van der Waals surface area contributed by atoms with Crippen LogP contribution in [-0.2, 0) is 0 Å². The Bertz CT molecular complexity index is 1220. The second-order valence-corrected chi connectivity index (χ2v) is 8.04. The van der Waals surface area contributed by atoms with Crippen molar-refractivity contribution in [1.29, 1.82) is 5.26 Å². The summed E-state index contributed by atoms with van der Waals surface area (Å²) in [5.74, 6) is -3.38. The fourth-order valence-electron chi connectivity index (χ4n) is 2.95. The lowest BCUT2D eigenvalue weighted by Crippen LogP contribution is -2.41. The number of rotatable bonds is 4. The number of halogens is 2. The van der Waals surface area contributed by atoms with Gasteiger partial charge >= 0.3 is 0 Å². The number of nitrogens with zero attached hydrogens (tertiary/aromatic N) is 2. The predicted octanol–water partition coefficient (Wildman–Crippen LogP) is 4.68. The standard InChI is InChI=1S/C24H20F2N4O2/c1-24(2,3)30-23(32)20-10-6-9-19(28-20)22(31)29-21-17(25)11-15(12-18(21)26)16-8-5-4-7-14(16)13-27/h4-12H,1-3H3,(H,29,31)(H,30,32). The molecule has 0 fully saturated rings. The molecule has 2 N–H and O–H groups in total. The fraction of sp³-hybridized carbons (Fsp3) is 0.167. The first-order chi connectivity index (χ1) is 15.1. The third kappa shape index (κ3) is 5.13. The van der Waals surface area contributed by atoms with Gasteiger partial charge in [-0.15, -0.1) is 0 Å². The lowest BCUT2D eigenvalue weighted by Gasteiger charge is -2.20. The maximum absolute atomic E-state index is 14.7. The van der Waals surface area contributed by atoms with Crippen LogP contribution in [0.3, 0.4) is 0 Å². The molecule has 3 rings (SSSR count). The highest BCUT2D eigenvalue weighted by atomic mass is 19.1. The van der Waals surface area contributed by atoms with Gasteiger partial charge in [-0.3, -0.25) is 9.59 Å². The van der Waals surface area contributed by atoms with E-state index in [1.807, 2.05) is 6.07 Å². The lowest BCUT2D eigenvalue weighted by atomic mass is 9.99. The SMILES string of the molecule is CC(C)(C)NC(=O)c1cccc(C(=O)Nc2c(F)cc(-c3ccccc3C#N)cc2F)n1. The van der Waals surface area contributed by atoms with Crippen molar-refractivity contribution in [2.24, 2.45) is 0 Å². The molecule has 0 aliphatic rings.